The standard InChI is InChI=1S/C16H12Cl2F3NO4S/c17-10-3-6-12(14(18)7-10)13(15(23)24)8-22-27(25,26)11-4-1-9(2-5-11)16(19,20)21/h1-7,13,22H,8H2,(H,23,24). The number of benzene rings is 2. The normalized spacial score (nSPS) is 13.4. The summed E-state index contributed by atoms with van der Waals surface area (Å²) in [4.78, 5) is 11.1. The lowest BCUT2D eigenvalue weighted by Gasteiger charge is -2.16. The van der Waals surface area contributed by atoms with E-state index in [1.54, 1.807) is 0 Å². The van der Waals surface area contributed by atoms with Gasteiger partial charge in [-0.15, -0.1) is 0 Å². The minimum absolute atomic E-state index is 0.0450. The van der Waals surface area contributed by atoms with Crippen molar-refractivity contribution >= 4 is 39.2 Å². The minimum Gasteiger partial charge on any atom is -0.481 e. The molecule has 2 aromatic rings. The number of carboxylic acid groups (broad SMARTS) is 1. The summed E-state index contributed by atoms with van der Waals surface area (Å²) in [5.74, 6) is -2.66. The lowest BCUT2D eigenvalue weighted by atomic mass is 9.99. The molecule has 0 amide bonds. The number of carbonyl (C=O) groups is 1. The number of alkyl halides is 3. The van der Waals surface area contributed by atoms with Crippen molar-refractivity contribution in [1.82, 2.24) is 4.72 Å². The van der Waals surface area contributed by atoms with Crippen LogP contribution in [0, 0.1) is 0 Å². The smallest absolute Gasteiger partial charge is 0.416 e. The maximum absolute atomic E-state index is 12.6. The average Bonchev–Trinajstić information content (AvgIpc) is 2.55. The zero-order valence-corrected chi connectivity index (χ0v) is 15.6. The van der Waals surface area contributed by atoms with Gasteiger partial charge in [0, 0.05) is 16.6 Å². The zero-order valence-electron chi connectivity index (χ0n) is 13.3. The number of rotatable bonds is 6. The van der Waals surface area contributed by atoms with Gasteiger partial charge < -0.3 is 5.11 Å². The fourth-order valence-corrected chi connectivity index (χ4v) is 3.80. The van der Waals surface area contributed by atoms with E-state index in [2.05, 4.69) is 4.72 Å². The van der Waals surface area contributed by atoms with Crippen LogP contribution in [0.5, 0.6) is 0 Å². The first-order valence-corrected chi connectivity index (χ1v) is 9.50. The maximum Gasteiger partial charge on any atom is 0.416 e. The first kappa shape index (κ1) is 21.5. The highest BCUT2D eigenvalue weighted by Gasteiger charge is 2.31. The van der Waals surface area contributed by atoms with Crippen LogP contribution >= 0.6 is 23.2 Å². The molecule has 0 heterocycles. The van der Waals surface area contributed by atoms with Crippen LogP contribution in [0.2, 0.25) is 10.0 Å². The molecule has 0 radical (unpaired) electrons. The van der Waals surface area contributed by atoms with Crippen LogP contribution in [0.1, 0.15) is 17.0 Å². The second-order valence-electron chi connectivity index (χ2n) is 5.43. The summed E-state index contributed by atoms with van der Waals surface area (Å²) in [6.45, 7) is -0.556. The summed E-state index contributed by atoms with van der Waals surface area (Å²) in [6, 6.07) is 6.91. The average molecular weight is 442 g/mol. The monoisotopic (exact) mass is 441 g/mol. The highest BCUT2D eigenvalue weighted by Crippen LogP contribution is 2.30. The SMILES string of the molecule is O=C(O)C(CNS(=O)(=O)c1ccc(C(F)(F)F)cc1)c1ccc(Cl)cc1Cl. The van der Waals surface area contributed by atoms with Crippen LogP contribution in [0.15, 0.2) is 47.4 Å². The lowest BCUT2D eigenvalue weighted by Crippen LogP contribution is -2.32. The van der Waals surface area contributed by atoms with Gasteiger partial charge >= 0.3 is 12.1 Å². The molecule has 0 aliphatic heterocycles. The molecule has 0 aliphatic carbocycles. The molecule has 0 fully saturated rings. The summed E-state index contributed by atoms with van der Waals surface area (Å²) in [7, 11) is -4.23. The molecule has 0 aliphatic rings. The molecule has 2 rings (SSSR count). The van der Waals surface area contributed by atoms with Crippen molar-refractivity contribution in [2.24, 2.45) is 0 Å². The summed E-state index contributed by atoms with van der Waals surface area (Å²) in [5, 5.41) is 9.68. The Hall–Kier alpha value is -1.81. The Bertz CT molecular complexity index is 947. The fraction of sp³-hybridized carbons (Fsp3) is 0.188. The van der Waals surface area contributed by atoms with Crippen molar-refractivity contribution in [3.05, 3.63) is 63.6 Å². The predicted octanol–water partition coefficient (Wildman–Crippen LogP) is 4.16. The molecule has 0 saturated carbocycles. The van der Waals surface area contributed by atoms with Crippen LogP contribution in [-0.2, 0) is 21.0 Å². The molecule has 0 saturated heterocycles. The van der Waals surface area contributed by atoms with E-state index in [0.29, 0.717) is 12.1 Å². The summed E-state index contributed by atoms with van der Waals surface area (Å²) >= 11 is 11.7. The van der Waals surface area contributed by atoms with Gasteiger partial charge in [-0.1, -0.05) is 29.3 Å². The third-order valence-corrected chi connectivity index (χ3v) is 5.61. The molecular weight excluding hydrogens is 430 g/mol. The van der Waals surface area contributed by atoms with Crippen molar-refractivity contribution in [2.75, 3.05) is 6.54 Å². The van der Waals surface area contributed by atoms with Crippen LogP contribution < -0.4 is 4.72 Å². The highest BCUT2D eigenvalue weighted by molar-refractivity contribution is 7.89. The van der Waals surface area contributed by atoms with Gasteiger partial charge in [-0.3, -0.25) is 4.79 Å². The molecule has 146 valence electrons. The minimum atomic E-state index is -4.60. The van der Waals surface area contributed by atoms with E-state index in [0.717, 1.165) is 12.1 Å². The molecule has 0 spiro atoms. The van der Waals surface area contributed by atoms with Gasteiger partial charge in [0.05, 0.1) is 16.4 Å². The van der Waals surface area contributed by atoms with Gasteiger partial charge in [-0.2, -0.15) is 13.2 Å². The van der Waals surface area contributed by atoms with E-state index < -0.39 is 45.1 Å². The van der Waals surface area contributed by atoms with E-state index in [9.17, 15) is 31.5 Å². The third kappa shape index (κ3) is 5.35. The number of aliphatic carboxylic acids is 1. The third-order valence-electron chi connectivity index (χ3n) is 3.61. The van der Waals surface area contributed by atoms with Crippen LogP contribution in [0.3, 0.4) is 0 Å². The number of carboxylic acids is 1. The number of hydrogen-bond acceptors (Lipinski definition) is 3. The van der Waals surface area contributed by atoms with E-state index in [1.165, 1.54) is 18.2 Å². The first-order chi connectivity index (χ1) is 12.4. The Morgan fingerprint density at radius 2 is 1.70 bits per heavy atom. The van der Waals surface area contributed by atoms with Crippen molar-refractivity contribution in [3.63, 3.8) is 0 Å². The van der Waals surface area contributed by atoms with E-state index in [-0.39, 0.29) is 15.6 Å². The van der Waals surface area contributed by atoms with Crippen LogP contribution in [0.4, 0.5) is 13.2 Å². The summed E-state index contributed by atoms with van der Waals surface area (Å²) in [5.41, 5.74) is -0.860. The Morgan fingerprint density at radius 3 is 2.19 bits per heavy atom. The fourth-order valence-electron chi connectivity index (χ4n) is 2.21. The first-order valence-electron chi connectivity index (χ1n) is 7.26. The van der Waals surface area contributed by atoms with Gasteiger partial charge in [0.15, 0.2) is 0 Å². The quantitative estimate of drug-likeness (QED) is 0.704. The van der Waals surface area contributed by atoms with Crippen LogP contribution in [0.25, 0.3) is 0 Å². The summed E-state index contributed by atoms with van der Waals surface area (Å²) < 4.78 is 64.3. The van der Waals surface area contributed by atoms with Crippen molar-refractivity contribution in [3.8, 4) is 0 Å². The second kappa shape index (κ2) is 8.05. The Morgan fingerprint density at radius 1 is 1.11 bits per heavy atom. The van der Waals surface area contributed by atoms with Gasteiger partial charge in [0.1, 0.15) is 0 Å². The largest absolute Gasteiger partial charge is 0.481 e. The van der Waals surface area contributed by atoms with Crippen LogP contribution in [-0.4, -0.2) is 26.0 Å². The number of hydrogen-bond donors (Lipinski definition) is 2. The van der Waals surface area contributed by atoms with E-state index in [1.807, 2.05) is 0 Å². The van der Waals surface area contributed by atoms with Gasteiger partial charge in [0.2, 0.25) is 10.0 Å². The van der Waals surface area contributed by atoms with Gasteiger partial charge in [-0.05, 0) is 42.0 Å². The van der Waals surface area contributed by atoms with Crippen molar-refractivity contribution in [2.45, 2.75) is 17.0 Å². The molecule has 1 atom stereocenters. The Kier molecular flexibility index (Phi) is 6.41. The topological polar surface area (TPSA) is 83.5 Å². The zero-order chi connectivity index (χ0) is 20.4. The van der Waals surface area contributed by atoms with Gasteiger partial charge in [0.25, 0.3) is 0 Å². The maximum atomic E-state index is 12.6. The Balaban J connectivity index is 2.22. The lowest BCUT2D eigenvalue weighted by molar-refractivity contribution is -0.139. The number of nitrogens with one attached hydrogen (secondary N) is 1. The molecule has 11 heteroatoms. The molecule has 5 nitrogen and oxygen atoms in total. The number of halogens is 5. The van der Waals surface area contributed by atoms with E-state index in [4.69, 9.17) is 23.2 Å². The van der Waals surface area contributed by atoms with Gasteiger partial charge in [-0.25, -0.2) is 13.1 Å². The Labute approximate surface area is 162 Å². The van der Waals surface area contributed by atoms with Crippen molar-refractivity contribution in [1.29, 1.82) is 0 Å². The second-order valence-corrected chi connectivity index (χ2v) is 8.04. The number of sulfonamides is 1. The molecule has 0 aromatic heterocycles. The molecule has 27 heavy (non-hydrogen) atoms. The summed E-state index contributed by atoms with van der Waals surface area (Å²) in [6.07, 6.45) is -4.60. The molecule has 2 aromatic carbocycles. The molecule has 1 unspecified atom stereocenters. The predicted molar refractivity (Wildman–Crippen MR) is 93.5 cm³/mol. The molecular formula is C16H12Cl2F3NO4S. The molecule has 2 N–H and O–H groups in total. The van der Waals surface area contributed by atoms with Crippen molar-refractivity contribution < 1.29 is 31.5 Å². The highest BCUT2D eigenvalue weighted by atomic mass is 35.5. The molecule has 0 bridgehead atoms. The van der Waals surface area contributed by atoms with E-state index >= 15 is 0 Å².